The van der Waals surface area contributed by atoms with Gasteiger partial charge >= 0.3 is 162 Å². The summed E-state index contributed by atoms with van der Waals surface area (Å²) >= 11 is 0.321. The van der Waals surface area contributed by atoms with Crippen LogP contribution in [0.2, 0.25) is 0 Å². The second-order valence-corrected chi connectivity index (χ2v) is 11.3. The van der Waals surface area contributed by atoms with Crippen LogP contribution < -0.4 is 37.8 Å². The standard InChI is InChI=1S/C20H42IN4/c22-13-4-2-1-3-12-21-25-16-10-20(11-17-25)7-5-6-19-8-14-24(18-23)15-9-19/h19-20H,1-18,22-23H2/q-1/p+1. The summed E-state index contributed by atoms with van der Waals surface area (Å²) in [6.45, 7) is 7.14. The first-order valence-corrected chi connectivity index (χ1v) is 13.4. The van der Waals surface area contributed by atoms with Crippen LogP contribution in [0.4, 0.5) is 0 Å². The number of hydrogen-bond acceptors (Lipinski definition) is 3. The fraction of sp³-hybridized carbons (Fsp3) is 1.00. The monoisotopic (exact) mass is 466 g/mol. The molecule has 4 nitrogen and oxygen atoms in total. The van der Waals surface area contributed by atoms with E-state index < -0.39 is 0 Å². The molecule has 0 saturated carbocycles. The molecule has 0 aromatic carbocycles. The number of hydrogen-bond donors (Lipinski definition) is 3. The molecule has 0 aliphatic carbocycles. The molecule has 2 rings (SSSR count). The van der Waals surface area contributed by atoms with Crippen LogP contribution in [0.5, 0.6) is 0 Å². The van der Waals surface area contributed by atoms with E-state index in [0.717, 1.165) is 25.0 Å². The minimum atomic E-state index is 0.321. The van der Waals surface area contributed by atoms with Crippen LogP contribution in [0, 0.1) is 11.8 Å². The van der Waals surface area contributed by atoms with E-state index in [2.05, 4.69) is 3.11 Å². The van der Waals surface area contributed by atoms with E-state index in [0.29, 0.717) is 21.5 Å². The summed E-state index contributed by atoms with van der Waals surface area (Å²) in [6.07, 6.45) is 15.6. The minimum absolute atomic E-state index is 0.321. The summed E-state index contributed by atoms with van der Waals surface area (Å²) in [5.74, 6) is 2.03. The number of rotatable bonds is 12. The summed E-state index contributed by atoms with van der Waals surface area (Å²) in [5, 5.41) is 0. The van der Waals surface area contributed by atoms with Crippen molar-refractivity contribution in [1.29, 1.82) is 0 Å². The van der Waals surface area contributed by atoms with E-state index in [1.807, 2.05) is 0 Å². The summed E-state index contributed by atoms with van der Waals surface area (Å²) in [5.41, 5.74) is 11.3. The number of nitrogens with one attached hydrogen (secondary N) is 1. The van der Waals surface area contributed by atoms with Gasteiger partial charge in [0.25, 0.3) is 0 Å². The molecular weight excluding hydrogens is 423 g/mol. The van der Waals surface area contributed by atoms with Crippen LogP contribution >= 0.6 is 0 Å². The van der Waals surface area contributed by atoms with Gasteiger partial charge in [0.15, 0.2) is 0 Å². The molecule has 2 fully saturated rings. The molecule has 150 valence electrons. The van der Waals surface area contributed by atoms with Gasteiger partial charge in [-0.3, -0.25) is 5.73 Å². The van der Waals surface area contributed by atoms with Crippen LogP contribution in [0.15, 0.2) is 0 Å². The van der Waals surface area contributed by atoms with Crippen molar-refractivity contribution < 1.29 is 26.4 Å². The molecule has 2 heterocycles. The second kappa shape index (κ2) is 13.7. The molecule has 5 N–H and O–H groups in total. The van der Waals surface area contributed by atoms with Crippen molar-refractivity contribution in [2.45, 2.75) is 70.6 Å². The van der Waals surface area contributed by atoms with Crippen molar-refractivity contribution >= 4 is 0 Å². The average molecular weight is 466 g/mol. The van der Waals surface area contributed by atoms with Gasteiger partial charge in [0.2, 0.25) is 0 Å². The zero-order valence-corrected chi connectivity index (χ0v) is 18.5. The zero-order valence-electron chi connectivity index (χ0n) is 16.4. The van der Waals surface area contributed by atoms with Crippen molar-refractivity contribution in [1.82, 2.24) is 3.11 Å². The van der Waals surface area contributed by atoms with E-state index in [9.17, 15) is 0 Å². The molecule has 0 spiro atoms. The Morgan fingerprint density at radius 2 is 1.44 bits per heavy atom. The van der Waals surface area contributed by atoms with Crippen LogP contribution in [0.1, 0.15) is 70.6 Å². The molecule has 0 atom stereocenters. The molecule has 0 unspecified atom stereocenters. The number of halogens is 1. The number of nitrogens with two attached hydrogens (primary N) is 2. The number of unbranched alkanes of at least 4 members (excludes halogenated alkanes) is 3. The van der Waals surface area contributed by atoms with Crippen LogP contribution in [0.25, 0.3) is 0 Å². The fourth-order valence-corrected chi connectivity index (χ4v) is 7.16. The molecule has 2 saturated heterocycles. The van der Waals surface area contributed by atoms with Gasteiger partial charge < -0.3 is 0 Å². The van der Waals surface area contributed by atoms with Gasteiger partial charge in [-0.25, -0.2) is 0 Å². The molecule has 2 aliphatic heterocycles. The number of piperidine rings is 2. The third-order valence-electron chi connectivity index (χ3n) is 6.23. The van der Waals surface area contributed by atoms with E-state index in [-0.39, 0.29) is 0 Å². The van der Waals surface area contributed by atoms with Gasteiger partial charge in [0, 0.05) is 0 Å². The molecule has 25 heavy (non-hydrogen) atoms. The van der Waals surface area contributed by atoms with Crippen molar-refractivity contribution in [3.8, 4) is 0 Å². The molecule has 0 aromatic heterocycles. The number of quaternary nitrogens is 1. The van der Waals surface area contributed by atoms with Crippen molar-refractivity contribution in [2.24, 2.45) is 23.3 Å². The van der Waals surface area contributed by atoms with Gasteiger partial charge in [-0.1, -0.05) is 0 Å². The Bertz CT molecular complexity index is 313. The topological polar surface area (TPSA) is 59.7 Å². The second-order valence-electron chi connectivity index (χ2n) is 8.19. The van der Waals surface area contributed by atoms with Crippen molar-refractivity contribution in [2.75, 3.05) is 43.8 Å². The first kappa shape index (κ1) is 21.9. The number of alkyl halides is 1. The number of likely N-dealkylation sites (tertiary alicyclic amines) is 1. The first-order chi connectivity index (χ1) is 12.3. The van der Waals surface area contributed by atoms with E-state index in [1.165, 1.54) is 101 Å². The molecule has 0 amide bonds. The first-order valence-electron chi connectivity index (χ1n) is 10.9. The van der Waals surface area contributed by atoms with Crippen LogP contribution in [0.3, 0.4) is 0 Å². The molecule has 5 heteroatoms. The van der Waals surface area contributed by atoms with Crippen LogP contribution in [-0.4, -0.2) is 46.9 Å². The van der Waals surface area contributed by atoms with Crippen molar-refractivity contribution in [3.63, 3.8) is 0 Å². The van der Waals surface area contributed by atoms with Gasteiger partial charge in [-0.2, -0.15) is 0 Å². The van der Waals surface area contributed by atoms with Gasteiger partial charge in [-0.15, -0.1) is 0 Å². The van der Waals surface area contributed by atoms with Gasteiger partial charge in [0.05, 0.1) is 0 Å². The molecule has 0 bridgehead atoms. The van der Waals surface area contributed by atoms with Gasteiger partial charge in [0.1, 0.15) is 0 Å². The predicted molar refractivity (Wildman–Crippen MR) is 103 cm³/mol. The third-order valence-corrected chi connectivity index (χ3v) is 9.40. The normalized spacial score (nSPS) is 26.3. The maximum absolute atomic E-state index is 5.77. The quantitative estimate of drug-likeness (QED) is 0.144. The maximum atomic E-state index is 5.77. The van der Waals surface area contributed by atoms with Crippen molar-refractivity contribution in [3.05, 3.63) is 0 Å². The van der Waals surface area contributed by atoms with E-state index in [1.54, 1.807) is 4.90 Å². The fourth-order valence-electron chi connectivity index (χ4n) is 4.36. The summed E-state index contributed by atoms with van der Waals surface area (Å²) < 4.78 is 4.32. The Hall–Kier alpha value is 0.570. The van der Waals surface area contributed by atoms with E-state index >= 15 is 0 Å². The zero-order chi connectivity index (χ0) is 17.7. The molecular formula is C20H43IN4. The van der Waals surface area contributed by atoms with Crippen LogP contribution in [-0.2, 0) is 0 Å². The predicted octanol–water partition coefficient (Wildman–Crippen LogP) is -1.40. The van der Waals surface area contributed by atoms with E-state index in [4.69, 9.17) is 11.5 Å². The summed E-state index contributed by atoms with van der Waals surface area (Å²) in [6, 6.07) is 0. The SMILES string of the molecule is NCCCCCC[I-]N1CCC(CCCC2CC[NH+](CN)CC2)CC1. The number of nitrogens with zero attached hydrogens (tertiary/aromatic N) is 1. The Morgan fingerprint density at radius 1 is 0.800 bits per heavy atom. The Kier molecular flexibility index (Phi) is 12.0. The molecule has 0 radical (unpaired) electrons. The molecule has 0 aromatic rings. The average Bonchev–Trinajstić information content (AvgIpc) is 2.66. The Morgan fingerprint density at radius 3 is 2.08 bits per heavy atom. The summed E-state index contributed by atoms with van der Waals surface area (Å²) in [4.78, 5) is 1.62. The molecule has 2 aliphatic rings. The Labute approximate surface area is 167 Å². The third kappa shape index (κ3) is 9.36. The summed E-state index contributed by atoms with van der Waals surface area (Å²) in [7, 11) is 0. The van der Waals surface area contributed by atoms with Gasteiger partial charge in [-0.05, 0) is 0 Å². The Balaban J connectivity index is 1.43.